The van der Waals surface area contributed by atoms with Crippen molar-refractivity contribution in [2.75, 3.05) is 50.5 Å². The zero-order chi connectivity index (χ0) is 21.5. The number of ether oxygens (including phenoxy) is 2. The van der Waals surface area contributed by atoms with Crippen molar-refractivity contribution >= 4 is 29.3 Å². The zero-order valence-electron chi connectivity index (χ0n) is 17.5. The van der Waals surface area contributed by atoms with Gasteiger partial charge in [-0.1, -0.05) is 11.8 Å². The molecule has 1 saturated heterocycles. The summed E-state index contributed by atoms with van der Waals surface area (Å²) in [5.74, 6) is 0.261. The van der Waals surface area contributed by atoms with Crippen molar-refractivity contribution in [2.24, 2.45) is 0 Å². The fourth-order valence-electron chi connectivity index (χ4n) is 3.16. The normalized spacial score (nSPS) is 13.8. The second-order valence-electron chi connectivity index (χ2n) is 6.95. The predicted molar refractivity (Wildman–Crippen MR) is 115 cm³/mol. The molecule has 1 aliphatic heterocycles. The molecule has 1 aromatic heterocycles. The highest BCUT2D eigenvalue weighted by Crippen LogP contribution is 2.20. The van der Waals surface area contributed by atoms with E-state index in [1.807, 2.05) is 44.2 Å². The van der Waals surface area contributed by atoms with Crippen LogP contribution in [0.15, 0.2) is 35.5 Å². The SMILES string of the molecule is COc1ccc(N2CCN(C(=O)COC(=O)CSc3nc(C)cc(C)n3)CC2)cc1. The van der Waals surface area contributed by atoms with E-state index in [2.05, 4.69) is 14.9 Å². The first-order valence-corrected chi connectivity index (χ1v) is 10.7. The van der Waals surface area contributed by atoms with Crippen LogP contribution in [-0.2, 0) is 14.3 Å². The van der Waals surface area contributed by atoms with Crippen LogP contribution in [0.1, 0.15) is 11.4 Å². The first-order chi connectivity index (χ1) is 14.4. The fourth-order valence-corrected chi connectivity index (χ4v) is 3.91. The quantitative estimate of drug-likeness (QED) is 0.375. The third-order valence-electron chi connectivity index (χ3n) is 4.71. The van der Waals surface area contributed by atoms with E-state index in [1.165, 1.54) is 11.8 Å². The van der Waals surface area contributed by atoms with Crippen LogP contribution in [0.3, 0.4) is 0 Å². The Morgan fingerprint density at radius 2 is 1.67 bits per heavy atom. The van der Waals surface area contributed by atoms with E-state index in [0.29, 0.717) is 18.2 Å². The number of amides is 1. The van der Waals surface area contributed by atoms with Crippen LogP contribution in [-0.4, -0.2) is 72.4 Å². The average Bonchev–Trinajstić information content (AvgIpc) is 2.75. The molecule has 2 aromatic rings. The molecule has 1 fully saturated rings. The molecule has 0 spiro atoms. The summed E-state index contributed by atoms with van der Waals surface area (Å²) in [6.45, 7) is 6.16. The van der Waals surface area contributed by atoms with Gasteiger partial charge in [0.15, 0.2) is 11.8 Å². The lowest BCUT2D eigenvalue weighted by Crippen LogP contribution is -2.50. The van der Waals surface area contributed by atoms with Gasteiger partial charge in [-0.3, -0.25) is 9.59 Å². The number of hydrogen-bond acceptors (Lipinski definition) is 8. The fraction of sp³-hybridized carbons (Fsp3) is 0.429. The van der Waals surface area contributed by atoms with Crippen LogP contribution in [0.4, 0.5) is 5.69 Å². The zero-order valence-corrected chi connectivity index (χ0v) is 18.3. The summed E-state index contributed by atoms with van der Waals surface area (Å²) in [4.78, 5) is 36.8. The molecule has 1 aliphatic rings. The minimum atomic E-state index is -0.451. The first kappa shape index (κ1) is 21.9. The summed E-state index contributed by atoms with van der Waals surface area (Å²) in [5, 5.41) is 0.533. The van der Waals surface area contributed by atoms with E-state index >= 15 is 0 Å². The molecular formula is C21H26N4O4S. The number of anilines is 1. The lowest BCUT2D eigenvalue weighted by atomic mass is 10.2. The number of piperazine rings is 1. The van der Waals surface area contributed by atoms with E-state index in [9.17, 15) is 9.59 Å². The largest absolute Gasteiger partial charge is 0.497 e. The van der Waals surface area contributed by atoms with Gasteiger partial charge < -0.3 is 19.3 Å². The number of aryl methyl sites for hydroxylation is 2. The van der Waals surface area contributed by atoms with Crippen molar-refractivity contribution in [3.8, 4) is 5.75 Å². The molecule has 8 nitrogen and oxygen atoms in total. The third-order valence-corrected chi connectivity index (χ3v) is 5.53. The Kier molecular flexibility index (Phi) is 7.51. The van der Waals surface area contributed by atoms with Crippen molar-refractivity contribution in [1.29, 1.82) is 0 Å². The monoisotopic (exact) mass is 430 g/mol. The number of nitrogens with zero attached hydrogens (tertiary/aromatic N) is 4. The summed E-state index contributed by atoms with van der Waals surface area (Å²) >= 11 is 1.21. The molecule has 9 heteroatoms. The Labute approximate surface area is 180 Å². The summed E-state index contributed by atoms with van der Waals surface area (Å²) < 4.78 is 10.3. The maximum absolute atomic E-state index is 12.4. The molecule has 3 rings (SSSR count). The summed E-state index contributed by atoms with van der Waals surface area (Å²) in [6.07, 6.45) is 0. The van der Waals surface area contributed by atoms with Crippen LogP contribution in [0.2, 0.25) is 0 Å². The standard InChI is InChI=1S/C21H26N4O4S/c1-15-12-16(2)23-21(22-15)30-14-20(27)29-13-19(26)25-10-8-24(9-11-25)17-4-6-18(28-3)7-5-17/h4-7,12H,8-11,13-14H2,1-3H3. The minimum Gasteiger partial charge on any atom is -0.497 e. The number of esters is 1. The predicted octanol–water partition coefficient (Wildman–Crippen LogP) is 2.09. The van der Waals surface area contributed by atoms with Crippen LogP contribution in [0, 0.1) is 13.8 Å². The van der Waals surface area contributed by atoms with Gasteiger partial charge in [0.2, 0.25) is 0 Å². The van der Waals surface area contributed by atoms with E-state index in [1.54, 1.807) is 12.0 Å². The van der Waals surface area contributed by atoms with Gasteiger partial charge in [0.1, 0.15) is 5.75 Å². The molecular weight excluding hydrogens is 404 g/mol. The molecule has 0 bridgehead atoms. The third kappa shape index (κ3) is 6.09. The molecule has 0 unspecified atom stereocenters. The average molecular weight is 431 g/mol. The van der Waals surface area contributed by atoms with Crippen LogP contribution in [0.5, 0.6) is 5.75 Å². The van der Waals surface area contributed by atoms with Crippen LogP contribution in [0.25, 0.3) is 0 Å². The lowest BCUT2D eigenvalue weighted by Gasteiger charge is -2.36. The first-order valence-electron chi connectivity index (χ1n) is 9.72. The van der Waals surface area contributed by atoms with Crippen molar-refractivity contribution in [2.45, 2.75) is 19.0 Å². The summed E-state index contributed by atoms with van der Waals surface area (Å²) in [5.41, 5.74) is 2.80. The Hall–Kier alpha value is -2.81. The molecule has 1 aromatic carbocycles. The van der Waals surface area contributed by atoms with Gasteiger partial charge in [0, 0.05) is 43.3 Å². The molecule has 160 valence electrons. The topological polar surface area (TPSA) is 84.9 Å². The van der Waals surface area contributed by atoms with E-state index in [0.717, 1.165) is 35.9 Å². The van der Waals surface area contributed by atoms with Crippen molar-refractivity contribution in [3.05, 3.63) is 41.7 Å². The number of hydrogen-bond donors (Lipinski definition) is 0. The number of methoxy groups -OCH3 is 1. The highest BCUT2D eigenvalue weighted by atomic mass is 32.2. The maximum atomic E-state index is 12.4. The maximum Gasteiger partial charge on any atom is 0.316 e. The second-order valence-corrected chi connectivity index (χ2v) is 7.89. The van der Waals surface area contributed by atoms with Crippen molar-refractivity contribution < 1.29 is 19.1 Å². The number of carbonyl (C=O) groups is 2. The number of thioether (sulfide) groups is 1. The highest BCUT2D eigenvalue weighted by molar-refractivity contribution is 7.99. The second kappa shape index (κ2) is 10.3. The lowest BCUT2D eigenvalue weighted by molar-refractivity contribution is -0.150. The van der Waals surface area contributed by atoms with Gasteiger partial charge in [0.25, 0.3) is 5.91 Å². The van der Waals surface area contributed by atoms with Gasteiger partial charge in [-0.2, -0.15) is 0 Å². The Balaban J connectivity index is 1.39. The Morgan fingerprint density at radius 3 is 2.27 bits per heavy atom. The Morgan fingerprint density at radius 1 is 1.03 bits per heavy atom. The van der Waals surface area contributed by atoms with Crippen LogP contribution < -0.4 is 9.64 Å². The molecule has 0 atom stereocenters. The van der Waals surface area contributed by atoms with Gasteiger partial charge in [0.05, 0.1) is 12.9 Å². The molecule has 0 aliphatic carbocycles. The minimum absolute atomic E-state index is 0.0709. The summed E-state index contributed by atoms with van der Waals surface area (Å²) in [6, 6.07) is 9.74. The van der Waals surface area contributed by atoms with E-state index in [-0.39, 0.29) is 18.3 Å². The van der Waals surface area contributed by atoms with E-state index in [4.69, 9.17) is 9.47 Å². The van der Waals surface area contributed by atoms with Gasteiger partial charge in [-0.05, 0) is 44.2 Å². The molecule has 0 N–H and O–H groups in total. The number of aromatic nitrogens is 2. The molecule has 30 heavy (non-hydrogen) atoms. The highest BCUT2D eigenvalue weighted by Gasteiger charge is 2.22. The Bertz CT molecular complexity index is 863. The van der Waals surface area contributed by atoms with Crippen molar-refractivity contribution in [3.63, 3.8) is 0 Å². The number of carbonyl (C=O) groups excluding carboxylic acids is 2. The number of benzene rings is 1. The van der Waals surface area contributed by atoms with Crippen LogP contribution >= 0.6 is 11.8 Å². The van der Waals surface area contributed by atoms with Gasteiger partial charge >= 0.3 is 5.97 Å². The smallest absolute Gasteiger partial charge is 0.316 e. The molecule has 1 amide bonds. The molecule has 2 heterocycles. The van der Waals surface area contributed by atoms with Gasteiger partial charge in [-0.25, -0.2) is 9.97 Å². The molecule has 0 saturated carbocycles. The van der Waals surface area contributed by atoms with Gasteiger partial charge in [-0.15, -0.1) is 0 Å². The summed E-state index contributed by atoms with van der Waals surface area (Å²) in [7, 11) is 1.64. The number of rotatable bonds is 7. The van der Waals surface area contributed by atoms with E-state index < -0.39 is 5.97 Å². The van der Waals surface area contributed by atoms with Crippen molar-refractivity contribution in [1.82, 2.24) is 14.9 Å². The molecule has 0 radical (unpaired) electrons.